The summed E-state index contributed by atoms with van der Waals surface area (Å²) < 4.78 is 6.02. The van der Waals surface area contributed by atoms with Crippen molar-refractivity contribution in [3.63, 3.8) is 0 Å². The Morgan fingerprint density at radius 3 is 2.70 bits per heavy atom. The number of hydrogen-bond acceptors (Lipinski definition) is 4. The van der Waals surface area contributed by atoms with Gasteiger partial charge in [0.25, 0.3) is 0 Å². The van der Waals surface area contributed by atoms with Gasteiger partial charge in [0.2, 0.25) is 11.8 Å². The number of methoxy groups -OCH3 is 1. The Kier molecular flexibility index (Phi) is 8.83. The second-order valence-electron chi connectivity index (χ2n) is 5.24. The van der Waals surface area contributed by atoms with Crippen molar-refractivity contribution in [3.8, 4) is 0 Å². The van der Waals surface area contributed by atoms with Gasteiger partial charge in [-0.3, -0.25) is 9.59 Å². The first-order valence-corrected chi connectivity index (χ1v) is 8.24. The van der Waals surface area contributed by atoms with Crippen LogP contribution in [0.25, 0.3) is 0 Å². The lowest BCUT2D eigenvalue weighted by Gasteiger charge is -2.18. The predicted molar refractivity (Wildman–Crippen MR) is 92.7 cm³/mol. The van der Waals surface area contributed by atoms with Gasteiger partial charge in [-0.1, -0.05) is 34.1 Å². The number of nitrogens with zero attached hydrogens (tertiary/aromatic N) is 1. The van der Waals surface area contributed by atoms with Crippen LogP contribution in [0.5, 0.6) is 0 Å². The first-order valence-electron chi connectivity index (χ1n) is 7.44. The fraction of sp³-hybridized carbons (Fsp3) is 0.500. The number of benzene rings is 1. The van der Waals surface area contributed by atoms with Gasteiger partial charge in [0.1, 0.15) is 0 Å². The highest BCUT2D eigenvalue weighted by atomic mass is 79.9. The fourth-order valence-corrected chi connectivity index (χ4v) is 2.42. The molecule has 6 nitrogen and oxygen atoms in total. The summed E-state index contributed by atoms with van der Waals surface area (Å²) >= 11 is 3.47. The van der Waals surface area contributed by atoms with Crippen molar-refractivity contribution in [1.82, 2.24) is 10.2 Å². The summed E-state index contributed by atoms with van der Waals surface area (Å²) in [5, 5.41) is 2.71. The third-order valence-corrected chi connectivity index (χ3v) is 4.24. The van der Waals surface area contributed by atoms with Crippen LogP contribution in [0.1, 0.15) is 18.4 Å². The maximum atomic E-state index is 12.1. The molecule has 1 atom stereocenters. The molecule has 0 aromatic heterocycles. The summed E-state index contributed by atoms with van der Waals surface area (Å²) in [6, 6.07) is 7.77. The highest BCUT2D eigenvalue weighted by molar-refractivity contribution is 9.10. The summed E-state index contributed by atoms with van der Waals surface area (Å²) in [5.41, 5.74) is 6.50. The van der Waals surface area contributed by atoms with E-state index in [0.29, 0.717) is 13.1 Å². The van der Waals surface area contributed by atoms with Crippen molar-refractivity contribution < 1.29 is 14.3 Å². The fourth-order valence-electron chi connectivity index (χ4n) is 2.01. The molecule has 1 aromatic rings. The molecular weight excluding hydrogens is 362 g/mol. The van der Waals surface area contributed by atoms with E-state index in [1.807, 2.05) is 24.3 Å². The zero-order valence-corrected chi connectivity index (χ0v) is 15.1. The number of halogens is 1. The predicted octanol–water partition coefficient (Wildman–Crippen LogP) is 1.28. The Morgan fingerprint density at radius 2 is 2.09 bits per heavy atom. The van der Waals surface area contributed by atoms with Crippen molar-refractivity contribution in [2.45, 2.75) is 25.5 Å². The summed E-state index contributed by atoms with van der Waals surface area (Å²) in [6.07, 6.45) is 0.171. The average Bonchev–Trinajstić information content (AvgIpc) is 2.54. The molecule has 1 aromatic carbocycles. The number of rotatable bonds is 9. The molecule has 3 N–H and O–H groups in total. The quantitative estimate of drug-likeness (QED) is 0.670. The van der Waals surface area contributed by atoms with Gasteiger partial charge in [0.05, 0.1) is 12.5 Å². The molecule has 0 saturated carbocycles. The third-order valence-electron chi connectivity index (χ3n) is 3.46. The lowest BCUT2D eigenvalue weighted by Crippen LogP contribution is -2.35. The van der Waals surface area contributed by atoms with Crippen molar-refractivity contribution in [2.24, 2.45) is 5.73 Å². The SMILES string of the molecule is COC(CN)CC(=O)NCCC(=O)N(C)Cc1ccccc1Br. The maximum absolute atomic E-state index is 12.1. The maximum Gasteiger partial charge on any atom is 0.224 e. The van der Waals surface area contributed by atoms with E-state index in [1.54, 1.807) is 11.9 Å². The van der Waals surface area contributed by atoms with Gasteiger partial charge in [-0.2, -0.15) is 0 Å². The molecule has 0 fully saturated rings. The second-order valence-corrected chi connectivity index (χ2v) is 6.09. The Hall–Kier alpha value is -1.44. The molecule has 0 aliphatic heterocycles. The molecular formula is C16H24BrN3O3. The van der Waals surface area contributed by atoms with E-state index in [-0.39, 0.29) is 37.3 Å². The average molecular weight is 386 g/mol. The summed E-state index contributed by atoms with van der Waals surface area (Å²) in [5.74, 6) is -0.188. The molecule has 2 amide bonds. The van der Waals surface area contributed by atoms with Gasteiger partial charge in [-0.05, 0) is 11.6 Å². The number of carbonyl (C=O) groups is 2. The van der Waals surface area contributed by atoms with Crippen molar-refractivity contribution in [1.29, 1.82) is 0 Å². The molecule has 128 valence electrons. The Balaban J connectivity index is 2.33. The van der Waals surface area contributed by atoms with E-state index in [2.05, 4.69) is 21.2 Å². The first kappa shape index (κ1) is 19.6. The number of ether oxygens (including phenoxy) is 1. The van der Waals surface area contributed by atoms with E-state index in [1.165, 1.54) is 7.11 Å². The van der Waals surface area contributed by atoms with Gasteiger partial charge >= 0.3 is 0 Å². The van der Waals surface area contributed by atoms with Crippen LogP contribution in [0, 0.1) is 0 Å². The molecule has 1 unspecified atom stereocenters. The molecule has 0 bridgehead atoms. The monoisotopic (exact) mass is 385 g/mol. The second kappa shape index (κ2) is 10.4. The zero-order chi connectivity index (χ0) is 17.2. The highest BCUT2D eigenvalue weighted by Gasteiger charge is 2.13. The van der Waals surface area contributed by atoms with E-state index in [4.69, 9.17) is 10.5 Å². The Morgan fingerprint density at radius 1 is 1.39 bits per heavy atom. The normalized spacial score (nSPS) is 11.8. The molecule has 7 heteroatoms. The van der Waals surface area contributed by atoms with E-state index in [9.17, 15) is 9.59 Å². The van der Waals surface area contributed by atoms with Crippen LogP contribution in [0.15, 0.2) is 28.7 Å². The smallest absolute Gasteiger partial charge is 0.224 e. The zero-order valence-electron chi connectivity index (χ0n) is 13.5. The first-order chi connectivity index (χ1) is 11.0. The largest absolute Gasteiger partial charge is 0.380 e. The topological polar surface area (TPSA) is 84.7 Å². The molecule has 0 spiro atoms. The molecule has 23 heavy (non-hydrogen) atoms. The highest BCUT2D eigenvalue weighted by Crippen LogP contribution is 2.17. The van der Waals surface area contributed by atoms with Gasteiger partial charge in [0.15, 0.2) is 0 Å². The number of nitrogens with two attached hydrogens (primary N) is 1. The molecule has 0 heterocycles. The standard InChI is InChI=1S/C16H24BrN3O3/c1-20(11-12-5-3-4-6-14(12)17)16(22)7-8-19-15(21)9-13(10-18)23-2/h3-6,13H,7-11,18H2,1-2H3,(H,19,21). The van der Waals surface area contributed by atoms with Gasteiger partial charge in [-0.25, -0.2) is 0 Å². The van der Waals surface area contributed by atoms with Crippen LogP contribution >= 0.6 is 15.9 Å². The number of hydrogen-bond donors (Lipinski definition) is 2. The summed E-state index contributed by atoms with van der Waals surface area (Å²) in [7, 11) is 3.27. The van der Waals surface area contributed by atoms with E-state index in [0.717, 1.165) is 10.0 Å². The number of nitrogens with one attached hydrogen (secondary N) is 1. The minimum absolute atomic E-state index is 0.0248. The van der Waals surface area contributed by atoms with Gasteiger partial charge in [0, 0.05) is 44.7 Å². The summed E-state index contributed by atoms with van der Waals surface area (Å²) in [4.78, 5) is 25.4. The van der Waals surface area contributed by atoms with Gasteiger partial charge < -0.3 is 20.7 Å². The van der Waals surface area contributed by atoms with Crippen LogP contribution in [0.2, 0.25) is 0 Å². The number of carbonyl (C=O) groups excluding carboxylic acids is 2. The molecule has 1 rings (SSSR count). The van der Waals surface area contributed by atoms with Crippen LogP contribution < -0.4 is 11.1 Å². The third kappa shape index (κ3) is 7.11. The van der Waals surface area contributed by atoms with Crippen LogP contribution in [-0.2, 0) is 20.9 Å². The Labute approximate surface area is 145 Å². The lowest BCUT2D eigenvalue weighted by molar-refractivity contribution is -0.130. The minimum Gasteiger partial charge on any atom is -0.380 e. The van der Waals surface area contributed by atoms with E-state index < -0.39 is 0 Å². The molecule has 0 aliphatic rings. The Bertz CT molecular complexity index is 521. The molecule has 0 radical (unpaired) electrons. The van der Waals surface area contributed by atoms with Gasteiger partial charge in [-0.15, -0.1) is 0 Å². The summed E-state index contributed by atoms with van der Waals surface area (Å²) in [6.45, 7) is 1.11. The van der Waals surface area contributed by atoms with Crippen molar-refractivity contribution >= 4 is 27.7 Å². The number of amides is 2. The van der Waals surface area contributed by atoms with Crippen LogP contribution in [0.3, 0.4) is 0 Å². The van der Waals surface area contributed by atoms with E-state index >= 15 is 0 Å². The van der Waals surface area contributed by atoms with Crippen molar-refractivity contribution in [3.05, 3.63) is 34.3 Å². The van der Waals surface area contributed by atoms with Crippen LogP contribution in [0.4, 0.5) is 0 Å². The van der Waals surface area contributed by atoms with Crippen molar-refractivity contribution in [2.75, 3.05) is 27.2 Å². The molecule has 0 aliphatic carbocycles. The lowest BCUT2D eigenvalue weighted by atomic mass is 10.2. The van der Waals surface area contributed by atoms with Crippen LogP contribution in [-0.4, -0.2) is 50.1 Å². The molecule has 0 saturated heterocycles. The minimum atomic E-state index is -0.288.